The van der Waals surface area contributed by atoms with Crippen molar-refractivity contribution in [1.29, 1.82) is 0 Å². The van der Waals surface area contributed by atoms with Crippen LogP contribution in [0.2, 0.25) is 5.02 Å². The van der Waals surface area contributed by atoms with E-state index in [-0.39, 0.29) is 51.8 Å². The number of piperidine rings is 1. The van der Waals surface area contributed by atoms with Crippen molar-refractivity contribution >= 4 is 44.3 Å². The van der Waals surface area contributed by atoms with Crippen LogP contribution in [0.5, 0.6) is 0 Å². The van der Waals surface area contributed by atoms with Crippen molar-refractivity contribution < 1.29 is 17.2 Å². The fourth-order valence-corrected chi connectivity index (χ4v) is 8.62. The number of nitrogens with zero attached hydrogens (tertiary/aromatic N) is 4. The second-order valence-electron chi connectivity index (χ2n) is 12.3. The van der Waals surface area contributed by atoms with Crippen LogP contribution < -0.4 is 10.9 Å². The molecule has 2 atom stereocenters. The summed E-state index contributed by atoms with van der Waals surface area (Å²) in [6, 6.07) is 6.09. The zero-order valence-corrected chi connectivity index (χ0v) is 24.9. The summed E-state index contributed by atoms with van der Waals surface area (Å²) in [7, 11) is -4.11. The number of halogens is 3. The quantitative estimate of drug-likeness (QED) is 0.354. The van der Waals surface area contributed by atoms with Crippen molar-refractivity contribution in [2.45, 2.75) is 76.2 Å². The molecule has 220 valence electrons. The van der Waals surface area contributed by atoms with E-state index in [2.05, 4.69) is 10.3 Å². The minimum absolute atomic E-state index is 0.0433. The summed E-state index contributed by atoms with van der Waals surface area (Å²) < 4.78 is 58.8. The second kappa shape index (κ2) is 9.98. The topological polar surface area (TPSA) is 97.2 Å². The lowest BCUT2D eigenvalue weighted by Crippen LogP contribution is -2.51. The Morgan fingerprint density at radius 1 is 1.15 bits per heavy atom. The standard InChI is InChI=1S/C29H34ClF2N5O3S/c1-17(2)21-8-12-36(16-29(21,31)32)41(39,40)20-6-7-23(18(3)13-20)34-27-33-15-19-14-22(30)26(38)37(25(19)35-27)24-5-4-9-28(24)10-11-28/h6-7,13-15,17,21,24H,4-5,8-12,16H2,1-3H3,(H,33,34,35). The fourth-order valence-electron chi connectivity index (χ4n) is 6.86. The van der Waals surface area contributed by atoms with Crippen LogP contribution in [0, 0.1) is 24.2 Å². The third-order valence-electron chi connectivity index (χ3n) is 9.30. The molecular formula is C29H34ClF2N5O3S. The number of pyridine rings is 1. The van der Waals surface area contributed by atoms with E-state index in [1.54, 1.807) is 43.7 Å². The van der Waals surface area contributed by atoms with Crippen LogP contribution in [0.3, 0.4) is 0 Å². The fraction of sp³-hybridized carbons (Fsp3) is 0.552. The van der Waals surface area contributed by atoms with E-state index in [9.17, 15) is 22.0 Å². The van der Waals surface area contributed by atoms with Crippen molar-refractivity contribution in [3.63, 3.8) is 0 Å². The van der Waals surface area contributed by atoms with Gasteiger partial charge < -0.3 is 5.32 Å². The smallest absolute Gasteiger partial charge is 0.271 e. The van der Waals surface area contributed by atoms with Gasteiger partial charge >= 0.3 is 0 Å². The largest absolute Gasteiger partial charge is 0.324 e. The summed E-state index contributed by atoms with van der Waals surface area (Å²) >= 11 is 6.32. The van der Waals surface area contributed by atoms with Gasteiger partial charge in [-0.2, -0.15) is 9.29 Å². The van der Waals surface area contributed by atoms with E-state index in [1.807, 2.05) is 0 Å². The van der Waals surface area contributed by atoms with Gasteiger partial charge in [-0.05, 0) is 80.2 Å². The Morgan fingerprint density at radius 2 is 1.90 bits per heavy atom. The number of benzene rings is 1. The van der Waals surface area contributed by atoms with Gasteiger partial charge in [0.25, 0.3) is 11.5 Å². The Kier molecular flexibility index (Phi) is 6.94. The number of aromatic nitrogens is 3. The van der Waals surface area contributed by atoms with Crippen LogP contribution in [-0.2, 0) is 10.0 Å². The average Bonchev–Trinajstić information content (AvgIpc) is 3.57. The highest BCUT2D eigenvalue weighted by Gasteiger charge is 2.53. The minimum Gasteiger partial charge on any atom is -0.324 e. The van der Waals surface area contributed by atoms with E-state index in [4.69, 9.17) is 16.6 Å². The van der Waals surface area contributed by atoms with Crippen LogP contribution in [0.4, 0.5) is 20.4 Å². The van der Waals surface area contributed by atoms with Crippen LogP contribution in [0.15, 0.2) is 40.2 Å². The molecule has 2 aliphatic carbocycles. The molecule has 12 heteroatoms. The Morgan fingerprint density at radius 3 is 2.56 bits per heavy atom. The van der Waals surface area contributed by atoms with E-state index < -0.39 is 28.4 Å². The molecule has 3 aliphatic rings. The van der Waals surface area contributed by atoms with Gasteiger partial charge in [-0.25, -0.2) is 22.2 Å². The molecule has 1 saturated heterocycles. The summed E-state index contributed by atoms with van der Waals surface area (Å²) in [5, 5.41) is 3.95. The highest BCUT2D eigenvalue weighted by atomic mass is 35.5. The molecule has 3 fully saturated rings. The third-order valence-corrected chi connectivity index (χ3v) is 11.4. The highest BCUT2D eigenvalue weighted by molar-refractivity contribution is 7.89. The monoisotopic (exact) mass is 605 g/mol. The molecule has 41 heavy (non-hydrogen) atoms. The molecule has 3 heterocycles. The van der Waals surface area contributed by atoms with Gasteiger partial charge in [0.2, 0.25) is 16.0 Å². The lowest BCUT2D eigenvalue weighted by atomic mass is 9.84. The van der Waals surface area contributed by atoms with Gasteiger partial charge in [0.15, 0.2) is 0 Å². The minimum atomic E-state index is -4.11. The third kappa shape index (κ3) is 4.93. The molecule has 0 amide bonds. The highest BCUT2D eigenvalue weighted by Crippen LogP contribution is 2.63. The first-order valence-corrected chi connectivity index (χ1v) is 16.0. The Labute approximate surface area is 243 Å². The first kappa shape index (κ1) is 28.5. The first-order chi connectivity index (χ1) is 19.3. The van der Waals surface area contributed by atoms with E-state index >= 15 is 0 Å². The van der Waals surface area contributed by atoms with Crippen LogP contribution in [0.25, 0.3) is 11.0 Å². The molecule has 2 saturated carbocycles. The van der Waals surface area contributed by atoms with Crippen molar-refractivity contribution in [3.8, 4) is 0 Å². The SMILES string of the molecule is Cc1cc(S(=O)(=O)N2CCC(C(C)C)C(F)(F)C2)ccc1Nc1ncc2cc(Cl)c(=O)n(C3CCCC34CC4)c2n1. The Hall–Kier alpha value is -2.63. The predicted octanol–water partition coefficient (Wildman–Crippen LogP) is 6.30. The van der Waals surface area contributed by atoms with Gasteiger partial charge in [0.1, 0.15) is 10.7 Å². The number of hydrogen-bond donors (Lipinski definition) is 1. The molecule has 2 aromatic heterocycles. The normalized spacial score (nSPS) is 23.9. The van der Waals surface area contributed by atoms with E-state index in [0.29, 0.717) is 22.3 Å². The van der Waals surface area contributed by atoms with Gasteiger partial charge in [0.05, 0.1) is 11.4 Å². The molecule has 0 bridgehead atoms. The van der Waals surface area contributed by atoms with Crippen LogP contribution in [-0.4, -0.2) is 46.3 Å². The van der Waals surface area contributed by atoms with Gasteiger partial charge in [-0.15, -0.1) is 0 Å². The number of aryl methyl sites for hydroxylation is 1. The zero-order chi connectivity index (χ0) is 29.3. The molecule has 1 aliphatic heterocycles. The first-order valence-electron chi connectivity index (χ1n) is 14.2. The Bertz CT molecular complexity index is 1690. The molecule has 1 N–H and O–H groups in total. The molecule has 2 unspecified atom stereocenters. The summed E-state index contributed by atoms with van der Waals surface area (Å²) in [4.78, 5) is 22.3. The average molecular weight is 606 g/mol. The maximum Gasteiger partial charge on any atom is 0.271 e. The van der Waals surface area contributed by atoms with Gasteiger partial charge in [-0.3, -0.25) is 9.36 Å². The molecule has 3 aromatic rings. The molecular weight excluding hydrogens is 572 g/mol. The van der Waals surface area contributed by atoms with Crippen LogP contribution >= 0.6 is 11.6 Å². The summed E-state index contributed by atoms with van der Waals surface area (Å²) in [5.74, 6) is -3.92. The lowest BCUT2D eigenvalue weighted by Gasteiger charge is -2.39. The number of nitrogens with one attached hydrogen (secondary N) is 1. The maximum atomic E-state index is 14.8. The van der Waals surface area contributed by atoms with E-state index in [0.717, 1.165) is 36.4 Å². The number of alkyl halides is 2. The number of sulfonamides is 1. The molecule has 1 spiro atoms. The lowest BCUT2D eigenvalue weighted by molar-refractivity contribution is -0.108. The molecule has 1 aromatic carbocycles. The maximum absolute atomic E-state index is 14.8. The summed E-state index contributed by atoms with van der Waals surface area (Å²) in [6.45, 7) is 4.44. The van der Waals surface area contributed by atoms with Gasteiger partial charge in [0, 0.05) is 35.8 Å². The molecule has 0 radical (unpaired) electrons. The van der Waals surface area contributed by atoms with Crippen molar-refractivity contribution in [2.75, 3.05) is 18.4 Å². The predicted molar refractivity (Wildman–Crippen MR) is 154 cm³/mol. The van der Waals surface area contributed by atoms with Crippen molar-refractivity contribution in [1.82, 2.24) is 18.8 Å². The second-order valence-corrected chi connectivity index (χ2v) is 14.6. The van der Waals surface area contributed by atoms with Gasteiger partial charge in [-0.1, -0.05) is 31.9 Å². The number of fused-ring (bicyclic) bond motifs is 1. The zero-order valence-electron chi connectivity index (χ0n) is 23.3. The van der Waals surface area contributed by atoms with Crippen LogP contribution in [0.1, 0.15) is 64.0 Å². The molecule has 8 nitrogen and oxygen atoms in total. The van der Waals surface area contributed by atoms with Crippen molar-refractivity contribution in [3.05, 3.63) is 51.4 Å². The number of rotatable bonds is 6. The summed E-state index contributed by atoms with van der Waals surface area (Å²) in [5.41, 5.74) is 1.55. The number of anilines is 2. The molecule has 6 rings (SSSR count). The Balaban J connectivity index is 1.28. The number of hydrogen-bond acceptors (Lipinski definition) is 6. The van der Waals surface area contributed by atoms with E-state index in [1.165, 1.54) is 12.1 Å². The summed E-state index contributed by atoms with van der Waals surface area (Å²) in [6.07, 6.45) is 6.97. The van der Waals surface area contributed by atoms with Crippen molar-refractivity contribution in [2.24, 2.45) is 17.3 Å².